The zero-order valence-electron chi connectivity index (χ0n) is 9.40. The van der Waals surface area contributed by atoms with Crippen LogP contribution in [-0.2, 0) is 11.2 Å². The van der Waals surface area contributed by atoms with Crippen LogP contribution in [0.4, 0.5) is 0 Å². The van der Waals surface area contributed by atoms with Crippen LogP contribution in [0.25, 0.3) is 0 Å². The van der Waals surface area contributed by atoms with E-state index in [1.165, 1.54) is 4.88 Å². The third-order valence-corrected chi connectivity index (χ3v) is 3.44. The molecule has 3 N–H and O–H groups in total. The van der Waals surface area contributed by atoms with Crippen molar-refractivity contribution in [2.45, 2.75) is 38.3 Å². The molecule has 1 heterocycles. The van der Waals surface area contributed by atoms with Crippen molar-refractivity contribution in [2.75, 3.05) is 7.11 Å². The van der Waals surface area contributed by atoms with Crippen LogP contribution in [0.3, 0.4) is 0 Å². The van der Waals surface area contributed by atoms with Crippen molar-refractivity contribution in [1.29, 1.82) is 0 Å². The molecule has 0 bridgehead atoms. The molecule has 4 heteroatoms. The Morgan fingerprint density at radius 3 is 2.87 bits per heavy atom. The number of methoxy groups -OCH3 is 1. The second-order valence-electron chi connectivity index (χ2n) is 3.62. The van der Waals surface area contributed by atoms with Crippen LogP contribution in [0.2, 0.25) is 0 Å². The summed E-state index contributed by atoms with van der Waals surface area (Å²) in [5, 5.41) is 2.09. The quantitative estimate of drug-likeness (QED) is 0.554. The lowest BCUT2D eigenvalue weighted by atomic mass is 10.0. The minimum Gasteiger partial charge on any atom is -0.380 e. The van der Waals surface area contributed by atoms with Crippen LogP contribution >= 0.6 is 11.3 Å². The highest BCUT2D eigenvalue weighted by atomic mass is 32.1. The number of rotatable bonds is 7. The number of hydrazine groups is 1. The largest absolute Gasteiger partial charge is 0.380 e. The average Bonchev–Trinajstić information content (AvgIpc) is 2.75. The Morgan fingerprint density at radius 2 is 2.40 bits per heavy atom. The Morgan fingerprint density at radius 1 is 1.60 bits per heavy atom. The summed E-state index contributed by atoms with van der Waals surface area (Å²) in [7, 11) is 1.75. The normalized spacial score (nSPS) is 15.1. The zero-order chi connectivity index (χ0) is 11.1. The molecule has 0 amide bonds. The van der Waals surface area contributed by atoms with Gasteiger partial charge in [0, 0.05) is 18.4 Å². The van der Waals surface area contributed by atoms with E-state index < -0.39 is 0 Å². The molecular weight excluding hydrogens is 208 g/mol. The van der Waals surface area contributed by atoms with Crippen LogP contribution in [0.15, 0.2) is 17.5 Å². The summed E-state index contributed by atoms with van der Waals surface area (Å²) in [6, 6.07) is 4.40. The summed E-state index contributed by atoms with van der Waals surface area (Å²) in [6.45, 7) is 2.16. The lowest BCUT2D eigenvalue weighted by Gasteiger charge is -2.24. The minimum absolute atomic E-state index is 0.196. The van der Waals surface area contributed by atoms with E-state index in [2.05, 4.69) is 29.9 Å². The Kier molecular flexibility index (Phi) is 5.86. The molecule has 0 saturated heterocycles. The van der Waals surface area contributed by atoms with Gasteiger partial charge in [0.25, 0.3) is 0 Å². The summed E-state index contributed by atoms with van der Waals surface area (Å²) in [6.07, 6.45) is 3.28. The van der Waals surface area contributed by atoms with Gasteiger partial charge in [0.2, 0.25) is 0 Å². The van der Waals surface area contributed by atoms with E-state index in [9.17, 15) is 0 Å². The van der Waals surface area contributed by atoms with Gasteiger partial charge in [0.1, 0.15) is 0 Å². The van der Waals surface area contributed by atoms with Gasteiger partial charge in [0.05, 0.1) is 12.1 Å². The van der Waals surface area contributed by atoms with E-state index in [4.69, 9.17) is 10.6 Å². The number of hydrogen-bond donors (Lipinski definition) is 2. The van der Waals surface area contributed by atoms with Crippen LogP contribution in [0.1, 0.15) is 24.6 Å². The highest BCUT2D eigenvalue weighted by Crippen LogP contribution is 2.15. The number of nitrogens with two attached hydrogens (primary N) is 1. The van der Waals surface area contributed by atoms with Gasteiger partial charge >= 0.3 is 0 Å². The third-order valence-electron chi connectivity index (χ3n) is 2.54. The summed E-state index contributed by atoms with van der Waals surface area (Å²) >= 11 is 1.76. The Labute approximate surface area is 95.6 Å². The molecule has 1 aromatic rings. The Hall–Kier alpha value is -0.420. The van der Waals surface area contributed by atoms with E-state index >= 15 is 0 Å². The molecule has 0 aromatic carbocycles. The monoisotopic (exact) mass is 228 g/mol. The predicted octanol–water partition coefficient (Wildman–Crippen LogP) is 1.94. The first-order valence-electron chi connectivity index (χ1n) is 5.33. The zero-order valence-corrected chi connectivity index (χ0v) is 10.2. The molecule has 2 unspecified atom stereocenters. The standard InChI is InChI=1S/C11H20N2OS/c1-3-5-11(14-2)10(13-12)8-9-6-4-7-15-9/h4,6-7,10-11,13H,3,5,8,12H2,1-2H3. The molecule has 0 aliphatic rings. The van der Waals surface area contributed by atoms with Crippen LogP contribution in [0.5, 0.6) is 0 Å². The van der Waals surface area contributed by atoms with Gasteiger partial charge in [-0.2, -0.15) is 0 Å². The lowest BCUT2D eigenvalue weighted by molar-refractivity contribution is 0.0611. The van der Waals surface area contributed by atoms with E-state index in [0.717, 1.165) is 19.3 Å². The third kappa shape index (κ3) is 3.91. The maximum Gasteiger partial charge on any atom is 0.0741 e. The van der Waals surface area contributed by atoms with E-state index in [-0.39, 0.29) is 12.1 Å². The van der Waals surface area contributed by atoms with Gasteiger partial charge in [-0.1, -0.05) is 19.4 Å². The minimum atomic E-state index is 0.196. The van der Waals surface area contributed by atoms with Crippen LogP contribution in [-0.4, -0.2) is 19.3 Å². The van der Waals surface area contributed by atoms with Crippen LogP contribution < -0.4 is 11.3 Å². The van der Waals surface area contributed by atoms with E-state index in [0.29, 0.717) is 0 Å². The first kappa shape index (κ1) is 12.6. The Bertz CT molecular complexity index is 251. The molecule has 0 saturated carbocycles. The predicted molar refractivity (Wildman–Crippen MR) is 64.8 cm³/mol. The van der Waals surface area contributed by atoms with Crippen molar-refractivity contribution in [1.82, 2.24) is 5.43 Å². The molecule has 86 valence electrons. The van der Waals surface area contributed by atoms with Crippen molar-refractivity contribution < 1.29 is 4.74 Å². The van der Waals surface area contributed by atoms with Crippen molar-refractivity contribution in [2.24, 2.45) is 5.84 Å². The molecule has 15 heavy (non-hydrogen) atoms. The highest BCUT2D eigenvalue weighted by molar-refractivity contribution is 7.09. The highest BCUT2D eigenvalue weighted by Gasteiger charge is 2.19. The molecule has 0 radical (unpaired) electrons. The maximum absolute atomic E-state index is 5.57. The molecule has 0 spiro atoms. The van der Waals surface area contributed by atoms with Crippen molar-refractivity contribution in [3.05, 3.63) is 22.4 Å². The summed E-state index contributed by atoms with van der Waals surface area (Å²) < 4.78 is 5.45. The molecular formula is C11H20N2OS. The number of ether oxygens (including phenoxy) is 1. The number of thiophene rings is 1. The first-order valence-corrected chi connectivity index (χ1v) is 6.21. The molecule has 1 aromatic heterocycles. The lowest BCUT2D eigenvalue weighted by Crippen LogP contribution is -2.46. The van der Waals surface area contributed by atoms with Crippen LogP contribution in [0, 0.1) is 0 Å². The van der Waals surface area contributed by atoms with Gasteiger partial charge in [-0.3, -0.25) is 11.3 Å². The fourth-order valence-corrected chi connectivity index (χ4v) is 2.48. The van der Waals surface area contributed by atoms with Gasteiger partial charge < -0.3 is 4.74 Å². The van der Waals surface area contributed by atoms with E-state index in [1.54, 1.807) is 18.4 Å². The van der Waals surface area contributed by atoms with Crippen molar-refractivity contribution in [3.8, 4) is 0 Å². The smallest absolute Gasteiger partial charge is 0.0741 e. The van der Waals surface area contributed by atoms with Gasteiger partial charge in [-0.15, -0.1) is 11.3 Å². The second-order valence-corrected chi connectivity index (χ2v) is 4.65. The fraction of sp³-hybridized carbons (Fsp3) is 0.636. The van der Waals surface area contributed by atoms with Crippen molar-refractivity contribution in [3.63, 3.8) is 0 Å². The Balaban J connectivity index is 2.53. The average molecular weight is 228 g/mol. The summed E-state index contributed by atoms with van der Waals surface area (Å²) in [5.74, 6) is 5.57. The molecule has 2 atom stereocenters. The van der Waals surface area contributed by atoms with Gasteiger partial charge in [0.15, 0.2) is 0 Å². The SMILES string of the molecule is CCCC(OC)C(Cc1cccs1)NN. The fourth-order valence-electron chi connectivity index (χ4n) is 1.71. The molecule has 1 rings (SSSR count). The topological polar surface area (TPSA) is 47.3 Å². The first-order chi connectivity index (χ1) is 7.31. The molecule has 3 nitrogen and oxygen atoms in total. The molecule has 0 aliphatic carbocycles. The van der Waals surface area contributed by atoms with Gasteiger partial charge in [-0.25, -0.2) is 0 Å². The van der Waals surface area contributed by atoms with E-state index in [1.807, 2.05) is 0 Å². The maximum atomic E-state index is 5.57. The van der Waals surface area contributed by atoms with Gasteiger partial charge in [-0.05, 0) is 17.9 Å². The number of hydrogen-bond acceptors (Lipinski definition) is 4. The molecule has 0 aliphatic heterocycles. The summed E-state index contributed by atoms with van der Waals surface area (Å²) in [5.41, 5.74) is 2.86. The van der Waals surface area contributed by atoms with Crippen molar-refractivity contribution >= 4 is 11.3 Å². The number of nitrogens with one attached hydrogen (secondary N) is 1. The summed E-state index contributed by atoms with van der Waals surface area (Å²) in [4.78, 5) is 1.34. The molecule has 0 fully saturated rings. The second kappa shape index (κ2) is 6.95.